The molecule has 0 aromatic heterocycles. The first-order valence-corrected chi connectivity index (χ1v) is 3.15. The van der Waals surface area contributed by atoms with E-state index < -0.39 is 11.7 Å². The molecule has 1 N–H and O–H groups in total. The molecule has 0 saturated heterocycles. The van der Waals surface area contributed by atoms with E-state index in [0.717, 1.165) is 0 Å². The number of ketones is 1. The number of amides is 1. The lowest BCUT2D eigenvalue weighted by molar-refractivity contribution is -0.134. The predicted octanol–water partition coefficient (Wildman–Crippen LogP) is -0.131. The van der Waals surface area contributed by atoms with Crippen molar-refractivity contribution in [3.8, 4) is 0 Å². The summed E-state index contributed by atoms with van der Waals surface area (Å²) in [5.74, 6) is -1.03. The van der Waals surface area contributed by atoms with Crippen LogP contribution in [0.4, 0.5) is 0 Å². The standard InChI is InChI=1S/C8H3NO2/c10-7-5-3-1-2-4-6(5)9-8(7)11/h2-4H/p+1. The maximum Gasteiger partial charge on any atom is 0.312 e. The second-order valence-electron chi connectivity index (χ2n) is 2.25. The molecule has 11 heavy (non-hydrogen) atoms. The minimum atomic E-state index is -0.556. The Morgan fingerprint density at radius 2 is 2.18 bits per heavy atom. The van der Waals surface area contributed by atoms with Gasteiger partial charge in [-0.2, -0.15) is 0 Å². The van der Waals surface area contributed by atoms with Crippen LogP contribution in [-0.4, -0.2) is 11.7 Å². The second-order valence-corrected chi connectivity index (χ2v) is 2.25. The van der Waals surface area contributed by atoms with Crippen molar-refractivity contribution in [1.82, 2.24) is 5.32 Å². The van der Waals surface area contributed by atoms with Crippen LogP contribution in [0.3, 0.4) is 0 Å². The molecule has 0 bridgehead atoms. The van der Waals surface area contributed by atoms with Gasteiger partial charge >= 0.3 is 11.7 Å². The van der Waals surface area contributed by atoms with Crippen LogP contribution in [0.1, 0.15) is 0 Å². The van der Waals surface area contributed by atoms with E-state index in [1.54, 1.807) is 12.2 Å². The molecule has 0 aromatic carbocycles. The van der Waals surface area contributed by atoms with Crippen LogP contribution >= 0.6 is 0 Å². The molecule has 52 valence electrons. The highest BCUT2D eigenvalue weighted by molar-refractivity contribution is 6.46. The van der Waals surface area contributed by atoms with E-state index in [0.29, 0.717) is 11.3 Å². The summed E-state index contributed by atoms with van der Waals surface area (Å²) in [5, 5.41) is 2.44. The normalized spacial score (nSPS) is 20.0. The number of carbonyl (C=O) groups excluding carboxylic acids is 2. The quantitative estimate of drug-likeness (QED) is 0.382. The van der Waals surface area contributed by atoms with Crippen molar-refractivity contribution in [2.24, 2.45) is 0 Å². The van der Waals surface area contributed by atoms with Crippen molar-refractivity contribution >= 4 is 11.7 Å². The average Bonchev–Trinajstić information content (AvgIpc) is 2.30. The van der Waals surface area contributed by atoms with Crippen LogP contribution in [0, 0.1) is 6.08 Å². The summed E-state index contributed by atoms with van der Waals surface area (Å²) in [7, 11) is 0. The number of hydrogen-bond donors (Lipinski definition) is 1. The SMILES string of the molecule is O=C1NC2=C(C=[C+]C=C2)C1=O. The molecule has 1 aliphatic carbocycles. The van der Waals surface area contributed by atoms with E-state index >= 15 is 0 Å². The van der Waals surface area contributed by atoms with E-state index in [4.69, 9.17) is 0 Å². The molecule has 0 radical (unpaired) electrons. The van der Waals surface area contributed by atoms with Gasteiger partial charge in [0.15, 0.2) is 11.3 Å². The molecule has 2 rings (SSSR count). The lowest BCUT2D eigenvalue weighted by Crippen LogP contribution is -2.20. The summed E-state index contributed by atoms with van der Waals surface area (Å²) < 4.78 is 0. The molecule has 0 unspecified atom stereocenters. The van der Waals surface area contributed by atoms with Gasteiger partial charge in [-0.15, -0.1) is 0 Å². The van der Waals surface area contributed by atoms with Crippen LogP contribution in [-0.2, 0) is 9.59 Å². The fourth-order valence-electron chi connectivity index (χ4n) is 1.03. The first-order chi connectivity index (χ1) is 5.29. The lowest BCUT2D eigenvalue weighted by atomic mass is 10.1. The van der Waals surface area contributed by atoms with Crippen molar-refractivity contribution < 1.29 is 9.59 Å². The minimum Gasteiger partial charge on any atom is -0.295 e. The summed E-state index contributed by atoms with van der Waals surface area (Å²) in [4.78, 5) is 21.7. The van der Waals surface area contributed by atoms with Gasteiger partial charge in [0.05, 0.1) is 6.08 Å². The first-order valence-electron chi connectivity index (χ1n) is 3.15. The van der Waals surface area contributed by atoms with Gasteiger partial charge in [-0.1, -0.05) is 0 Å². The van der Waals surface area contributed by atoms with E-state index in [2.05, 4.69) is 11.4 Å². The molecule has 0 aromatic rings. The summed E-state index contributed by atoms with van der Waals surface area (Å²) in [6.07, 6.45) is 7.54. The largest absolute Gasteiger partial charge is 0.312 e. The Balaban J connectivity index is 2.53. The van der Waals surface area contributed by atoms with Gasteiger partial charge in [0.2, 0.25) is 0 Å². The third kappa shape index (κ3) is 0.719. The number of carbonyl (C=O) groups is 2. The zero-order valence-electron chi connectivity index (χ0n) is 5.55. The van der Waals surface area contributed by atoms with Crippen LogP contribution in [0.15, 0.2) is 29.5 Å². The van der Waals surface area contributed by atoms with Gasteiger partial charge in [0.25, 0.3) is 0 Å². The third-order valence-electron chi connectivity index (χ3n) is 1.56. The molecule has 3 nitrogen and oxygen atoms in total. The van der Waals surface area contributed by atoms with Crippen molar-refractivity contribution in [3.63, 3.8) is 0 Å². The molecule has 0 saturated carbocycles. The van der Waals surface area contributed by atoms with E-state index in [1.807, 2.05) is 0 Å². The number of hydrogen-bond acceptors (Lipinski definition) is 2. The van der Waals surface area contributed by atoms with E-state index in [-0.39, 0.29) is 0 Å². The van der Waals surface area contributed by atoms with Crippen LogP contribution in [0.5, 0.6) is 0 Å². The molecule has 0 atom stereocenters. The van der Waals surface area contributed by atoms with Gasteiger partial charge < -0.3 is 0 Å². The number of rotatable bonds is 0. The lowest BCUT2D eigenvalue weighted by Gasteiger charge is -1.87. The average molecular weight is 146 g/mol. The summed E-state index contributed by atoms with van der Waals surface area (Å²) >= 11 is 0. The molecule has 0 spiro atoms. The molecule has 1 amide bonds. The van der Waals surface area contributed by atoms with Crippen LogP contribution in [0.25, 0.3) is 0 Å². The zero-order valence-corrected chi connectivity index (χ0v) is 5.55. The van der Waals surface area contributed by atoms with Gasteiger partial charge in [0, 0.05) is 6.08 Å². The topological polar surface area (TPSA) is 46.2 Å². The Labute approximate surface area is 63.1 Å². The maximum absolute atomic E-state index is 11.0. The fourth-order valence-corrected chi connectivity index (χ4v) is 1.03. The van der Waals surface area contributed by atoms with Crippen molar-refractivity contribution in [2.75, 3.05) is 0 Å². The highest BCUT2D eigenvalue weighted by Crippen LogP contribution is 2.16. The Morgan fingerprint density at radius 1 is 1.36 bits per heavy atom. The fraction of sp³-hybridized carbons (Fsp3) is 0. The minimum absolute atomic E-state index is 0.414. The Morgan fingerprint density at radius 3 is 2.91 bits per heavy atom. The summed E-state index contributed by atoms with van der Waals surface area (Å²) in [5.41, 5.74) is 0.997. The number of allylic oxidation sites excluding steroid dienone is 4. The predicted molar refractivity (Wildman–Crippen MR) is 37.1 cm³/mol. The van der Waals surface area contributed by atoms with Crippen molar-refractivity contribution in [3.05, 3.63) is 35.6 Å². The smallest absolute Gasteiger partial charge is 0.295 e. The summed E-state index contributed by atoms with van der Waals surface area (Å²) in [6.45, 7) is 0. The van der Waals surface area contributed by atoms with Crippen LogP contribution in [0.2, 0.25) is 0 Å². The molecular weight excluding hydrogens is 142 g/mol. The maximum atomic E-state index is 11.0. The number of nitrogens with one attached hydrogen (secondary N) is 1. The molecule has 1 aliphatic heterocycles. The molecule has 1 heterocycles. The van der Waals surface area contributed by atoms with Gasteiger partial charge in [-0.25, -0.2) is 0 Å². The summed E-state index contributed by atoms with van der Waals surface area (Å²) in [6, 6.07) is 0. The Bertz CT molecular complexity index is 334. The monoisotopic (exact) mass is 146 g/mol. The van der Waals surface area contributed by atoms with Gasteiger partial charge in [-0.05, 0) is 0 Å². The Hall–Kier alpha value is -1.73. The second kappa shape index (κ2) is 1.87. The van der Waals surface area contributed by atoms with Crippen LogP contribution < -0.4 is 5.32 Å². The first kappa shape index (κ1) is 6.01. The van der Waals surface area contributed by atoms with E-state index in [1.165, 1.54) is 6.08 Å². The van der Waals surface area contributed by atoms with Gasteiger partial charge in [-0.3, -0.25) is 14.9 Å². The molecule has 3 heteroatoms. The zero-order chi connectivity index (χ0) is 7.84. The highest BCUT2D eigenvalue weighted by Gasteiger charge is 2.35. The van der Waals surface area contributed by atoms with Crippen molar-refractivity contribution in [1.29, 1.82) is 0 Å². The molecule has 0 fully saturated rings. The van der Waals surface area contributed by atoms with E-state index in [9.17, 15) is 9.59 Å². The Kier molecular flexibility index (Phi) is 1.02. The third-order valence-corrected chi connectivity index (χ3v) is 1.56. The number of Topliss-reactive ketones (excluding diaryl/α,β-unsaturated/α-hetero) is 1. The highest BCUT2D eigenvalue weighted by atomic mass is 16.2. The van der Waals surface area contributed by atoms with Crippen molar-refractivity contribution in [2.45, 2.75) is 0 Å². The molecular formula is C8H4NO2+. The van der Waals surface area contributed by atoms with Gasteiger partial charge in [0.1, 0.15) is 12.2 Å². The molecule has 2 aliphatic rings.